The lowest BCUT2D eigenvalue weighted by molar-refractivity contribution is -0.123. The van der Waals surface area contributed by atoms with Gasteiger partial charge < -0.3 is 25.8 Å². The van der Waals surface area contributed by atoms with Crippen molar-refractivity contribution in [1.82, 2.24) is 20.1 Å². The Hall–Kier alpha value is -4.54. The number of allylic oxidation sites excluding steroid dienone is 1. The molecule has 7 N–H and O–H groups in total. The van der Waals surface area contributed by atoms with Crippen LogP contribution in [0.2, 0.25) is 0 Å². The number of nitrogens with one attached hydrogen (secondary N) is 1. The van der Waals surface area contributed by atoms with Crippen molar-refractivity contribution < 1.29 is 37.6 Å². The van der Waals surface area contributed by atoms with Crippen LogP contribution < -0.4 is 21.1 Å². The number of para-hydroxylation sites is 1. The number of aliphatic imine (C=N–C) groups is 2. The van der Waals surface area contributed by atoms with Crippen molar-refractivity contribution >= 4 is 51.3 Å². The number of carbonyl (C=O) groups is 2. The van der Waals surface area contributed by atoms with Gasteiger partial charge in [-0.2, -0.15) is 9.49 Å². The first-order valence-electron chi connectivity index (χ1n) is 16.9. The van der Waals surface area contributed by atoms with E-state index in [0.717, 1.165) is 55.7 Å². The number of nitrogens with two attached hydrogens (primary N) is 2. The van der Waals surface area contributed by atoms with Gasteiger partial charge in [0, 0.05) is 35.7 Å². The lowest BCUT2D eigenvalue weighted by Crippen LogP contribution is -2.28. The molecule has 1 fully saturated rings. The van der Waals surface area contributed by atoms with Crippen LogP contribution in [-0.2, 0) is 26.6 Å². The van der Waals surface area contributed by atoms with E-state index in [1.807, 2.05) is 18.2 Å². The largest absolute Gasteiger partial charge is 0.483 e. The topological polar surface area (TPSA) is 213 Å². The summed E-state index contributed by atoms with van der Waals surface area (Å²) in [5.41, 5.74) is 12.2. The Kier molecular flexibility index (Phi) is 24.6. The fraction of sp³-hybridized carbons (Fsp3) is 0.389. The number of aliphatic hydroxyl groups is 1. The van der Waals surface area contributed by atoms with Crippen molar-refractivity contribution in [3.63, 3.8) is 0 Å². The van der Waals surface area contributed by atoms with Crippen LogP contribution >= 0.6 is 20.3 Å². The Balaban J connectivity index is 0.00000131. The summed E-state index contributed by atoms with van der Waals surface area (Å²) >= 11 is 1.28. The molecule has 1 aromatic carbocycles. The predicted molar refractivity (Wildman–Crippen MR) is 211 cm³/mol. The molecule has 2 aromatic heterocycles. The lowest BCUT2D eigenvalue weighted by atomic mass is 9.96. The standard InChI is InChI=1S/C29H33F2N8O3PS.C4H10.C2H6O.CH2O2/c1-34-25(18-44-17-20-14-36-39(16-20)19-41-43(33)42-22-10-6-3-7-11-22)29(40)37-24(15-35-21-8-4-2-5-9-21)27(32)28-23(30)12-13-26(31)38-28;1-4(2)3;1-2-3;2-1-3/h3,6-7,10-16,18,21H,1-2,4-5,8-9,17,19,32-33H2,(H,37,40);4H,1-3H3;3H,2H2,1H3;1H,(H,2,3)/b25-18-,27-24+,35-15?;;;. The normalized spacial score (nSPS) is 13.9. The first kappa shape index (κ1) is 47.5. The quantitative estimate of drug-likeness (QED) is 0.0377. The van der Waals surface area contributed by atoms with Crippen molar-refractivity contribution in [2.45, 2.75) is 78.3 Å². The molecule has 296 valence electrons. The molecule has 2 heterocycles. The summed E-state index contributed by atoms with van der Waals surface area (Å²) in [5, 5.41) is 22.9. The minimum Gasteiger partial charge on any atom is -0.483 e. The first-order valence-corrected chi connectivity index (χ1v) is 19.2. The van der Waals surface area contributed by atoms with Gasteiger partial charge in [0.1, 0.15) is 23.9 Å². The molecule has 0 saturated heterocycles. The van der Waals surface area contributed by atoms with Gasteiger partial charge in [0.25, 0.3) is 12.4 Å². The Labute approximate surface area is 320 Å². The third-order valence-corrected chi connectivity index (χ3v) is 8.04. The van der Waals surface area contributed by atoms with Gasteiger partial charge in [-0.25, -0.2) is 14.1 Å². The van der Waals surface area contributed by atoms with E-state index in [0.29, 0.717) is 11.5 Å². The van der Waals surface area contributed by atoms with Gasteiger partial charge in [-0.1, -0.05) is 58.2 Å². The van der Waals surface area contributed by atoms with Gasteiger partial charge in [-0.3, -0.25) is 29.6 Å². The fourth-order valence-electron chi connectivity index (χ4n) is 4.16. The number of halogens is 2. The number of benzene rings is 1. The number of hydrogen-bond donors (Lipinski definition) is 5. The van der Waals surface area contributed by atoms with Gasteiger partial charge in [0.15, 0.2) is 5.82 Å². The molecule has 18 heteroatoms. The summed E-state index contributed by atoms with van der Waals surface area (Å²) in [5.74, 6) is -0.510. The minimum atomic E-state index is -1.64. The zero-order valence-electron chi connectivity index (χ0n) is 31.0. The van der Waals surface area contributed by atoms with E-state index in [4.69, 9.17) is 35.3 Å². The van der Waals surface area contributed by atoms with Crippen LogP contribution in [0.3, 0.4) is 0 Å². The first-order chi connectivity index (χ1) is 25.9. The maximum atomic E-state index is 14.5. The molecular formula is C36H51F2N8O6PS. The van der Waals surface area contributed by atoms with Gasteiger partial charge in [-0.05, 0) is 56.7 Å². The third kappa shape index (κ3) is 20.1. The molecule has 0 aliphatic heterocycles. The number of amides is 1. The second kappa shape index (κ2) is 28.0. The van der Waals surface area contributed by atoms with E-state index in [1.165, 1.54) is 23.4 Å². The molecule has 0 spiro atoms. The highest BCUT2D eigenvalue weighted by Gasteiger charge is 2.18. The number of nitrogens with zero attached hydrogens (tertiary/aromatic N) is 5. The summed E-state index contributed by atoms with van der Waals surface area (Å²) < 4.78 is 40.9. The van der Waals surface area contributed by atoms with Crippen LogP contribution in [0.4, 0.5) is 8.78 Å². The van der Waals surface area contributed by atoms with Crippen LogP contribution in [0, 0.1) is 17.7 Å². The Bertz CT molecular complexity index is 1640. The Morgan fingerprint density at radius 2 is 1.81 bits per heavy atom. The average molecular weight is 793 g/mol. The molecule has 0 radical (unpaired) electrons. The molecule has 3 aromatic rings. The van der Waals surface area contributed by atoms with E-state index in [9.17, 15) is 13.6 Å². The zero-order valence-corrected chi connectivity index (χ0v) is 32.7. The van der Waals surface area contributed by atoms with Crippen molar-refractivity contribution in [2.24, 2.45) is 27.1 Å². The number of aromatic nitrogens is 3. The number of hydrogen-bond acceptors (Lipinski definition) is 12. The SMILES string of the molecule is C=N/C(=C\SCc1cnn(COP(N)Oc2ccccc2)c1)C(=O)N/C(C=NC1CCCCC1)=C(/N)c1nc(F)ccc1F.CC(C)C.CCO.O=CO. The van der Waals surface area contributed by atoms with Crippen LogP contribution in [0.15, 0.2) is 81.6 Å². The number of carbonyl (C=O) groups excluding carboxylic acids is 1. The van der Waals surface area contributed by atoms with Crippen LogP contribution in [0.25, 0.3) is 5.70 Å². The molecule has 1 aliphatic carbocycles. The fourth-order valence-corrected chi connectivity index (χ4v) is 5.54. The minimum absolute atomic E-state index is 0.0124. The molecule has 4 rings (SSSR count). The number of thioether (sulfide) groups is 1. The molecule has 1 unspecified atom stereocenters. The molecule has 1 aliphatic rings. The van der Waals surface area contributed by atoms with Gasteiger partial charge in [0.2, 0.25) is 5.95 Å². The Morgan fingerprint density at radius 1 is 1.19 bits per heavy atom. The highest BCUT2D eigenvalue weighted by Crippen LogP contribution is 2.31. The smallest absolute Gasteiger partial charge is 0.317 e. The summed E-state index contributed by atoms with van der Waals surface area (Å²) in [7, 11) is -1.64. The van der Waals surface area contributed by atoms with Crippen LogP contribution in [-0.4, -0.2) is 62.9 Å². The molecular weight excluding hydrogens is 741 g/mol. The molecule has 0 bridgehead atoms. The maximum Gasteiger partial charge on any atom is 0.317 e. The molecule has 54 heavy (non-hydrogen) atoms. The number of rotatable bonds is 14. The summed E-state index contributed by atoms with van der Waals surface area (Å²) in [4.78, 5) is 33.4. The Morgan fingerprint density at radius 3 is 2.43 bits per heavy atom. The predicted octanol–water partition coefficient (Wildman–Crippen LogP) is 6.78. The van der Waals surface area contributed by atoms with E-state index in [-0.39, 0.29) is 42.9 Å². The zero-order chi connectivity index (χ0) is 40.3. The van der Waals surface area contributed by atoms with E-state index < -0.39 is 31.9 Å². The van der Waals surface area contributed by atoms with Gasteiger partial charge >= 0.3 is 8.53 Å². The second-order valence-electron chi connectivity index (χ2n) is 11.8. The summed E-state index contributed by atoms with van der Waals surface area (Å²) in [6.07, 6.45) is 9.79. The molecule has 1 saturated carbocycles. The van der Waals surface area contributed by atoms with E-state index in [2.05, 4.69) is 52.9 Å². The van der Waals surface area contributed by atoms with Crippen molar-refractivity contribution in [2.75, 3.05) is 6.61 Å². The van der Waals surface area contributed by atoms with Crippen LogP contribution in [0.5, 0.6) is 5.75 Å². The highest BCUT2D eigenvalue weighted by molar-refractivity contribution is 8.01. The van der Waals surface area contributed by atoms with Crippen LogP contribution in [0.1, 0.15) is 71.1 Å². The highest BCUT2D eigenvalue weighted by atomic mass is 32.2. The number of pyridine rings is 1. The summed E-state index contributed by atoms with van der Waals surface area (Å²) in [6, 6.07) is 11.0. The van der Waals surface area contributed by atoms with Crippen molar-refractivity contribution in [3.05, 3.63) is 94.7 Å². The van der Waals surface area contributed by atoms with E-state index >= 15 is 0 Å². The van der Waals surface area contributed by atoms with Gasteiger partial charge in [0.05, 0.1) is 23.6 Å². The third-order valence-electron chi connectivity index (χ3n) is 6.39. The average Bonchev–Trinajstić information content (AvgIpc) is 3.60. The number of aliphatic hydroxyl groups excluding tert-OH is 1. The van der Waals surface area contributed by atoms with Gasteiger partial charge in [-0.15, -0.1) is 11.8 Å². The summed E-state index contributed by atoms with van der Waals surface area (Å²) in [6.45, 7) is 11.8. The molecule has 1 amide bonds. The maximum absolute atomic E-state index is 14.5. The number of carboxylic acid groups (broad SMARTS) is 1. The monoisotopic (exact) mass is 792 g/mol. The molecule has 1 atom stereocenters. The second-order valence-corrected chi connectivity index (χ2v) is 13.6. The van der Waals surface area contributed by atoms with E-state index in [1.54, 1.807) is 36.1 Å². The lowest BCUT2D eigenvalue weighted by Gasteiger charge is -2.18. The molecule has 14 nitrogen and oxygen atoms in total. The van der Waals surface area contributed by atoms with Crippen molar-refractivity contribution in [1.29, 1.82) is 0 Å². The van der Waals surface area contributed by atoms with Crippen molar-refractivity contribution in [3.8, 4) is 5.75 Å².